The van der Waals surface area contributed by atoms with Crippen LogP contribution in [0.4, 0.5) is 0 Å². The number of hydrogen-bond acceptors (Lipinski definition) is 4. The van der Waals surface area contributed by atoms with Crippen molar-refractivity contribution in [2.45, 2.75) is 26.8 Å². The Balaban J connectivity index is 1.90. The lowest BCUT2D eigenvalue weighted by Gasteiger charge is -2.14. The molecule has 0 spiro atoms. The van der Waals surface area contributed by atoms with E-state index in [1.54, 1.807) is 29.5 Å². The lowest BCUT2D eigenvalue weighted by atomic mass is 10.1. The van der Waals surface area contributed by atoms with Crippen molar-refractivity contribution in [2.24, 2.45) is 0 Å². The van der Waals surface area contributed by atoms with Gasteiger partial charge >= 0.3 is 0 Å². The zero-order valence-corrected chi connectivity index (χ0v) is 15.2. The number of benzene rings is 1. The second-order valence-electron chi connectivity index (χ2n) is 5.73. The Morgan fingerprint density at radius 3 is 2.67 bits per heavy atom. The minimum atomic E-state index is -0.265. The van der Waals surface area contributed by atoms with Gasteiger partial charge in [-0.1, -0.05) is 0 Å². The molecule has 3 aromatic rings. The van der Waals surface area contributed by atoms with Crippen LogP contribution in [0.25, 0.3) is 10.9 Å². The quantitative estimate of drug-likeness (QED) is 0.623. The van der Waals surface area contributed by atoms with Crippen molar-refractivity contribution in [1.82, 2.24) is 15.3 Å². The molecule has 0 bridgehead atoms. The second-order valence-corrected chi connectivity index (χ2v) is 7.60. The third-order valence-electron chi connectivity index (χ3n) is 3.90. The van der Waals surface area contributed by atoms with Crippen LogP contribution >= 0.6 is 23.6 Å². The van der Waals surface area contributed by atoms with Crippen LogP contribution < -0.4 is 10.9 Å². The van der Waals surface area contributed by atoms with Gasteiger partial charge in [-0.15, -0.1) is 11.3 Å². The molecule has 2 heterocycles. The number of aromatic nitrogens is 2. The van der Waals surface area contributed by atoms with Crippen LogP contribution in [0.2, 0.25) is 0 Å². The predicted octanol–water partition coefficient (Wildman–Crippen LogP) is 3.76. The maximum Gasteiger partial charge on any atom is 0.259 e. The Morgan fingerprint density at radius 1 is 1.25 bits per heavy atom. The lowest BCUT2D eigenvalue weighted by molar-refractivity contribution is 0.0940. The summed E-state index contributed by atoms with van der Waals surface area (Å²) in [5.41, 5.74) is 1.89. The number of fused-ring (bicyclic) bond motifs is 1. The molecule has 0 saturated carbocycles. The highest BCUT2D eigenvalue weighted by Crippen LogP contribution is 2.26. The van der Waals surface area contributed by atoms with E-state index < -0.39 is 0 Å². The first-order valence-electron chi connectivity index (χ1n) is 7.49. The molecule has 24 heavy (non-hydrogen) atoms. The van der Waals surface area contributed by atoms with Crippen molar-refractivity contribution < 1.29 is 4.79 Å². The molecule has 0 aliphatic rings. The Labute approximate surface area is 147 Å². The van der Waals surface area contributed by atoms with Gasteiger partial charge in [0, 0.05) is 15.3 Å². The SMILES string of the molecule is Cc1cc([C@H](C)NC(=O)c2ccc3c(=O)[nH]c(=S)[nH]c3c2)c(C)s1. The minimum Gasteiger partial charge on any atom is -0.345 e. The largest absolute Gasteiger partial charge is 0.345 e. The summed E-state index contributed by atoms with van der Waals surface area (Å²) in [5.74, 6) is -0.188. The highest BCUT2D eigenvalue weighted by atomic mass is 32.1. The van der Waals surface area contributed by atoms with E-state index in [-0.39, 0.29) is 22.3 Å². The number of carbonyl (C=O) groups is 1. The first kappa shape index (κ1) is 16.6. The van der Waals surface area contributed by atoms with Gasteiger partial charge in [-0.2, -0.15) is 0 Å². The summed E-state index contributed by atoms with van der Waals surface area (Å²) in [4.78, 5) is 32.2. The molecule has 1 aromatic carbocycles. The summed E-state index contributed by atoms with van der Waals surface area (Å²) < 4.78 is 0.239. The number of nitrogens with one attached hydrogen (secondary N) is 3. The number of hydrogen-bond donors (Lipinski definition) is 3. The van der Waals surface area contributed by atoms with E-state index >= 15 is 0 Å². The molecule has 2 aromatic heterocycles. The second kappa shape index (κ2) is 6.33. The van der Waals surface area contributed by atoms with Gasteiger partial charge in [0.2, 0.25) is 0 Å². The minimum absolute atomic E-state index is 0.0872. The predicted molar refractivity (Wildman–Crippen MR) is 99.4 cm³/mol. The molecule has 124 valence electrons. The highest BCUT2D eigenvalue weighted by molar-refractivity contribution is 7.71. The summed E-state index contributed by atoms with van der Waals surface area (Å²) in [6.07, 6.45) is 0. The molecule has 3 rings (SSSR count). The number of aryl methyl sites for hydroxylation is 2. The van der Waals surface area contributed by atoms with Crippen LogP contribution in [0.5, 0.6) is 0 Å². The summed E-state index contributed by atoms with van der Waals surface area (Å²) in [6, 6.07) is 6.92. The fourth-order valence-corrected chi connectivity index (χ4v) is 3.97. The van der Waals surface area contributed by atoms with Crippen LogP contribution in [-0.4, -0.2) is 15.9 Å². The third-order valence-corrected chi connectivity index (χ3v) is 5.08. The number of carbonyl (C=O) groups excluding carboxylic acids is 1. The van der Waals surface area contributed by atoms with E-state index in [0.29, 0.717) is 16.5 Å². The van der Waals surface area contributed by atoms with Gasteiger partial charge in [0.1, 0.15) is 0 Å². The molecule has 7 heteroatoms. The zero-order chi connectivity index (χ0) is 17.4. The van der Waals surface area contributed by atoms with E-state index in [0.717, 1.165) is 5.56 Å². The molecule has 0 aliphatic carbocycles. The number of rotatable bonds is 3. The molecule has 0 unspecified atom stereocenters. The maximum atomic E-state index is 12.5. The average molecular weight is 359 g/mol. The number of aromatic amines is 2. The van der Waals surface area contributed by atoms with E-state index in [1.807, 2.05) is 6.92 Å². The van der Waals surface area contributed by atoms with E-state index in [9.17, 15) is 9.59 Å². The molecule has 0 saturated heterocycles. The highest BCUT2D eigenvalue weighted by Gasteiger charge is 2.15. The van der Waals surface area contributed by atoms with Gasteiger partial charge in [-0.05, 0) is 62.8 Å². The average Bonchev–Trinajstić information content (AvgIpc) is 2.85. The van der Waals surface area contributed by atoms with Crippen molar-refractivity contribution in [1.29, 1.82) is 0 Å². The topological polar surface area (TPSA) is 77.8 Å². The van der Waals surface area contributed by atoms with Crippen molar-refractivity contribution in [3.05, 3.63) is 60.3 Å². The smallest absolute Gasteiger partial charge is 0.259 e. The molecule has 1 atom stereocenters. The molecule has 0 aliphatic heterocycles. The van der Waals surface area contributed by atoms with Crippen molar-refractivity contribution in [3.8, 4) is 0 Å². The summed E-state index contributed by atoms with van der Waals surface area (Å²) in [5, 5.41) is 3.47. The number of amides is 1. The molecule has 0 radical (unpaired) electrons. The normalized spacial score (nSPS) is 12.3. The standard InChI is InChI=1S/C17H17N3O2S2/c1-8-6-13(10(3)24-8)9(2)18-15(21)11-4-5-12-14(7-11)19-17(23)20-16(12)22/h4-7,9H,1-3H3,(H,18,21)(H2,19,20,22,23)/t9-/m0/s1. The van der Waals surface area contributed by atoms with Gasteiger partial charge < -0.3 is 10.3 Å². The maximum absolute atomic E-state index is 12.5. The Hall–Kier alpha value is -2.25. The fraction of sp³-hybridized carbons (Fsp3) is 0.235. The summed E-state index contributed by atoms with van der Waals surface area (Å²) >= 11 is 6.70. The molecule has 3 N–H and O–H groups in total. The van der Waals surface area contributed by atoms with Gasteiger partial charge in [0.25, 0.3) is 11.5 Å². The Kier molecular flexibility index (Phi) is 4.38. The molecule has 0 fully saturated rings. The zero-order valence-electron chi connectivity index (χ0n) is 13.5. The monoisotopic (exact) mass is 359 g/mol. The fourth-order valence-electron chi connectivity index (χ4n) is 2.75. The van der Waals surface area contributed by atoms with Crippen LogP contribution in [0, 0.1) is 18.6 Å². The van der Waals surface area contributed by atoms with Gasteiger partial charge in [0.05, 0.1) is 16.9 Å². The number of H-pyrrole nitrogens is 2. The molecule has 1 amide bonds. The first-order chi connectivity index (χ1) is 11.3. The summed E-state index contributed by atoms with van der Waals surface area (Å²) in [7, 11) is 0. The van der Waals surface area contributed by atoms with Crippen molar-refractivity contribution >= 4 is 40.4 Å². The molecular weight excluding hydrogens is 342 g/mol. The van der Waals surface area contributed by atoms with E-state index in [4.69, 9.17) is 12.2 Å². The van der Waals surface area contributed by atoms with Crippen molar-refractivity contribution in [3.63, 3.8) is 0 Å². The third kappa shape index (κ3) is 3.18. The molecule has 5 nitrogen and oxygen atoms in total. The van der Waals surface area contributed by atoms with Crippen molar-refractivity contribution in [2.75, 3.05) is 0 Å². The first-order valence-corrected chi connectivity index (χ1v) is 8.72. The van der Waals surface area contributed by atoms with Crippen LogP contribution in [0.3, 0.4) is 0 Å². The number of thiophene rings is 1. The van der Waals surface area contributed by atoms with Crippen LogP contribution in [0.1, 0.15) is 38.6 Å². The van der Waals surface area contributed by atoms with Gasteiger partial charge in [-0.3, -0.25) is 14.6 Å². The van der Waals surface area contributed by atoms with Gasteiger partial charge in [-0.25, -0.2) is 0 Å². The van der Waals surface area contributed by atoms with E-state index in [1.165, 1.54) is 9.75 Å². The van der Waals surface area contributed by atoms with Crippen LogP contribution in [0.15, 0.2) is 29.1 Å². The Bertz CT molecular complexity index is 1050. The lowest BCUT2D eigenvalue weighted by Crippen LogP contribution is -2.26. The van der Waals surface area contributed by atoms with E-state index in [2.05, 4.69) is 35.2 Å². The molecular formula is C17H17N3O2S2. The van der Waals surface area contributed by atoms with Gasteiger partial charge in [0.15, 0.2) is 4.77 Å². The Morgan fingerprint density at radius 2 is 2.00 bits per heavy atom. The summed E-state index contributed by atoms with van der Waals surface area (Å²) in [6.45, 7) is 6.07. The van der Waals surface area contributed by atoms with Crippen LogP contribution in [-0.2, 0) is 0 Å².